The number of piperazine rings is 1. The molecule has 2 aromatic heterocycles. The number of hydrogen-bond acceptors (Lipinski definition) is 6. The molecule has 1 aliphatic rings. The van der Waals surface area contributed by atoms with Crippen molar-refractivity contribution >= 4 is 38.6 Å². The van der Waals surface area contributed by atoms with Crippen LogP contribution < -0.4 is 0 Å². The molecule has 4 rings (SSSR count). The number of amides is 1. The highest BCUT2D eigenvalue weighted by Crippen LogP contribution is 2.26. The third-order valence-corrected chi connectivity index (χ3v) is 8.02. The number of rotatable bonds is 4. The van der Waals surface area contributed by atoms with E-state index in [1.165, 1.54) is 15.6 Å². The Morgan fingerprint density at radius 2 is 1.79 bits per heavy atom. The van der Waals surface area contributed by atoms with Crippen molar-refractivity contribution in [3.63, 3.8) is 0 Å². The Kier molecular flexibility index (Phi) is 5.47. The fourth-order valence-corrected chi connectivity index (χ4v) is 5.91. The molecule has 1 aromatic carbocycles. The minimum atomic E-state index is -3.96. The summed E-state index contributed by atoms with van der Waals surface area (Å²) in [7, 11) is -3.96. The van der Waals surface area contributed by atoms with Crippen LogP contribution in [0.15, 0.2) is 45.3 Å². The molecule has 1 aliphatic heterocycles. The lowest BCUT2D eigenvalue weighted by atomic mass is 10.3. The van der Waals surface area contributed by atoms with E-state index in [0.29, 0.717) is 11.8 Å². The number of thiophene rings is 1. The van der Waals surface area contributed by atoms with Crippen LogP contribution in [0.5, 0.6) is 0 Å². The van der Waals surface area contributed by atoms with E-state index in [9.17, 15) is 22.0 Å². The Morgan fingerprint density at radius 1 is 1.03 bits per heavy atom. The molecule has 3 aromatic rings. The van der Waals surface area contributed by atoms with Crippen LogP contribution in [-0.4, -0.2) is 54.7 Å². The van der Waals surface area contributed by atoms with Crippen molar-refractivity contribution in [1.29, 1.82) is 0 Å². The smallest absolute Gasteiger partial charge is 0.273 e. The molecule has 0 radical (unpaired) electrons. The van der Waals surface area contributed by atoms with Crippen molar-refractivity contribution in [2.75, 3.05) is 26.2 Å². The van der Waals surface area contributed by atoms with Gasteiger partial charge in [-0.05, 0) is 29.6 Å². The first-order chi connectivity index (χ1) is 13.9. The molecule has 0 aliphatic carbocycles. The summed E-state index contributed by atoms with van der Waals surface area (Å²) in [5.74, 6) is -2.58. The molecule has 6 nitrogen and oxygen atoms in total. The molecule has 29 heavy (non-hydrogen) atoms. The maximum Gasteiger partial charge on any atom is 0.273 e. The van der Waals surface area contributed by atoms with Crippen molar-refractivity contribution in [3.8, 4) is 10.6 Å². The van der Waals surface area contributed by atoms with E-state index < -0.39 is 21.7 Å². The number of halogens is 2. The van der Waals surface area contributed by atoms with E-state index in [1.807, 2.05) is 16.8 Å². The number of thiazole rings is 1. The minimum absolute atomic E-state index is 0.0641. The standard InChI is InChI=1S/C18H15F2N3O3S3/c19-14-2-1-13(9-15(14)20)29(25,26)23-6-4-22(5-7-23)18(24)16-11-28-17(21-16)12-3-8-27-10-12/h1-3,8-11H,4-7H2. The Morgan fingerprint density at radius 3 is 2.45 bits per heavy atom. The zero-order valence-corrected chi connectivity index (χ0v) is 17.4. The second-order valence-electron chi connectivity index (χ2n) is 6.32. The molecule has 3 heterocycles. The first-order valence-electron chi connectivity index (χ1n) is 8.59. The third kappa shape index (κ3) is 3.95. The zero-order valence-electron chi connectivity index (χ0n) is 14.9. The van der Waals surface area contributed by atoms with Gasteiger partial charge in [0.25, 0.3) is 5.91 Å². The first-order valence-corrected chi connectivity index (χ1v) is 11.8. The molecule has 0 bridgehead atoms. The van der Waals surface area contributed by atoms with E-state index in [0.717, 1.165) is 22.7 Å². The van der Waals surface area contributed by atoms with Crippen LogP contribution in [0.1, 0.15) is 10.5 Å². The SMILES string of the molecule is O=C(c1csc(-c2ccsc2)n1)N1CCN(S(=O)(=O)c2ccc(F)c(F)c2)CC1. The van der Waals surface area contributed by atoms with Gasteiger partial charge in [0.05, 0.1) is 4.90 Å². The van der Waals surface area contributed by atoms with Crippen molar-refractivity contribution < 1.29 is 22.0 Å². The molecular formula is C18H15F2N3O3S3. The fourth-order valence-electron chi connectivity index (χ4n) is 2.97. The molecule has 0 saturated carbocycles. The van der Waals surface area contributed by atoms with Gasteiger partial charge in [0.15, 0.2) is 11.6 Å². The number of hydrogen-bond donors (Lipinski definition) is 0. The summed E-state index contributed by atoms with van der Waals surface area (Å²) < 4.78 is 53.0. The number of aromatic nitrogens is 1. The second-order valence-corrected chi connectivity index (χ2v) is 9.90. The van der Waals surface area contributed by atoms with Crippen LogP contribution >= 0.6 is 22.7 Å². The van der Waals surface area contributed by atoms with Crippen molar-refractivity contribution in [2.24, 2.45) is 0 Å². The van der Waals surface area contributed by atoms with E-state index in [1.54, 1.807) is 21.6 Å². The highest BCUT2D eigenvalue weighted by molar-refractivity contribution is 7.89. The zero-order chi connectivity index (χ0) is 20.6. The molecular weight excluding hydrogens is 440 g/mol. The van der Waals surface area contributed by atoms with Gasteiger partial charge in [0, 0.05) is 42.5 Å². The number of carbonyl (C=O) groups is 1. The van der Waals surface area contributed by atoms with Crippen LogP contribution in [0, 0.1) is 11.6 Å². The summed E-state index contributed by atoms with van der Waals surface area (Å²) >= 11 is 2.93. The van der Waals surface area contributed by atoms with Gasteiger partial charge in [0.1, 0.15) is 10.7 Å². The first kappa shape index (κ1) is 20.1. The van der Waals surface area contributed by atoms with Gasteiger partial charge < -0.3 is 4.90 Å². The lowest BCUT2D eigenvalue weighted by molar-refractivity contribution is 0.0693. The van der Waals surface area contributed by atoms with Crippen molar-refractivity contribution in [1.82, 2.24) is 14.2 Å². The lowest BCUT2D eigenvalue weighted by Crippen LogP contribution is -2.50. The molecule has 1 fully saturated rings. The molecule has 0 spiro atoms. The molecule has 1 amide bonds. The summed E-state index contributed by atoms with van der Waals surface area (Å²) in [6, 6.07) is 4.42. The quantitative estimate of drug-likeness (QED) is 0.605. The normalized spacial score (nSPS) is 15.6. The van der Waals surface area contributed by atoms with Gasteiger partial charge in [-0.3, -0.25) is 4.79 Å². The second kappa shape index (κ2) is 7.90. The van der Waals surface area contributed by atoms with Gasteiger partial charge in [0.2, 0.25) is 10.0 Å². The monoisotopic (exact) mass is 455 g/mol. The maximum atomic E-state index is 13.4. The van der Waals surface area contributed by atoms with E-state index in [2.05, 4.69) is 4.98 Å². The Bertz CT molecular complexity index is 1140. The van der Waals surface area contributed by atoms with Gasteiger partial charge >= 0.3 is 0 Å². The molecule has 152 valence electrons. The predicted octanol–water partition coefficient (Wildman–Crippen LogP) is 3.30. The minimum Gasteiger partial charge on any atom is -0.335 e. The van der Waals surface area contributed by atoms with Crippen LogP contribution in [0.3, 0.4) is 0 Å². The number of benzene rings is 1. The number of nitrogens with zero attached hydrogens (tertiary/aromatic N) is 3. The van der Waals surface area contributed by atoms with Crippen LogP contribution in [0.25, 0.3) is 10.6 Å². The molecule has 11 heteroatoms. The van der Waals surface area contributed by atoms with Gasteiger partial charge in [-0.1, -0.05) is 0 Å². The average Bonchev–Trinajstić information content (AvgIpc) is 3.41. The van der Waals surface area contributed by atoms with Crippen molar-refractivity contribution in [3.05, 3.63) is 57.7 Å². The van der Waals surface area contributed by atoms with E-state index >= 15 is 0 Å². The Hall–Kier alpha value is -2.21. The van der Waals surface area contributed by atoms with Crippen molar-refractivity contribution in [2.45, 2.75) is 4.90 Å². The third-order valence-electron chi connectivity index (χ3n) is 4.55. The Labute approximate surface area is 174 Å². The molecule has 1 saturated heterocycles. The highest BCUT2D eigenvalue weighted by atomic mass is 32.2. The predicted molar refractivity (Wildman–Crippen MR) is 106 cm³/mol. The van der Waals surface area contributed by atoms with Gasteiger partial charge in [-0.2, -0.15) is 15.6 Å². The van der Waals surface area contributed by atoms with Crippen LogP contribution in [0.4, 0.5) is 8.78 Å². The lowest BCUT2D eigenvalue weighted by Gasteiger charge is -2.33. The van der Waals surface area contributed by atoms with E-state index in [-0.39, 0.29) is 37.0 Å². The number of carbonyl (C=O) groups excluding carboxylic acids is 1. The fraction of sp³-hybridized carbons (Fsp3) is 0.222. The maximum absolute atomic E-state index is 13.4. The molecule has 0 unspecified atom stereocenters. The Balaban J connectivity index is 1.43. The average molecular weight is 456 g/mol. The largest absolute Gasteiger partial charge is 0.335 e. The van der Waals surface area contributed by atoms with E-state index in [4.69, 9.17) is 0 Å². The molecule has 0 atom stereocenters. The summed E-state index contributed by atoms with van der Waals surface area (Å²) in [5, 5.41) is 6.34. The highest BCUT2D eigenvalue weighted by Gasteiger charge is 2.31. The summed E-state index contributed by atoms with van der Waals surface area (Å²) in [6.45, 7) is 0.503. The van der Waals surface area contributed by atoms with Gasteiger partial charge in [-0.15, -0.1) is 11.3 Å². The summed E-state index contributed by atoms with van der Waals surface area (Å²) in [6.07, 6.45) is 0. The topological polar surface area (TPSA) is 70.6 Å². The summed E-state index contributed by atoms with van der Waals surface area (Å²) in [4.78, 5) is 18.3. The molecule has 0 N–H and O–H groups in total. The van der Waals surface area contributed by atoms with Crippen LogP contribution in [-0.2, 0) is 10.0 Å². The van der Waals surface area contributed by atoms with Gasteiger partial charge in [-0.25, -0.2) is 22.2 Å². The van der Waals surface area contributed by atoms with Crippen LogP contribution in [0.2, 0.25) is 0 Å². The summed E-state index contributed by atoms with van der Waals surface area (Å²) in [5.41, 5.74) is 1.29. The number of sulfonamides is 1.